The molecular formula is C11H12Cl2O3. The first kappa shape index (κ1) is 13.3. The largest absolute Gasteiger partial charge is 0.481 e. The van der Waals surface area contributed by atoms with E-state index < -0.39 is 17.5 Å². The van der Waals surface area contributed by atoms with Crippen molar-refractivity contribution in [1.29, 1.82) is 0 Å². The summed E-state index contributed by atoms with van der Waals surface area (Å²) < 4.78 is 0. The lowest BCUT2D eigenvalue weighted by Gasteiger charge is -2.26. The van der Waals surface area contributed by atoms with Crippen molar-refractivity contribution in [3.05, 3.63) is 33.8 Å². The van der Waals surface area contributed by atoms with Gasteiger partial charge in [0.1, 0.15) is 0 Å². The number of halogens is 2. The van der Waals surface area contributed by atoms with E-state index in [4.69, 9.17) is 28.3 Å². The zero-order valence-corrected chi connectivity index (χ0v) is 10.4. The number of carboxylic acids is 1. The molecule has 0 heterocycles. The normalized spacial score (nSPS) is 13.6. The van der Waals surface area contributed by atoms with Crippen molar-refractivity contribution < 1.29 is 15.0 Å². The van der Waals surface area contributed by atoms with Gasteiger partial charge in [-0.1, -0.05) is 23.2 Å². The third-order valence-electron chi connectivity index (χ3n) is 2.44. The minimum absolute atomic E-state index is 0.364. The molecule has 0 aromatic heterocycles. The number of aliphatic hydroxyl groups is 1. The molecule has 0 radical (unpaired) electrons. The van der Waals surface area contributed by atoms with E-state index in [1.807, 2.05) is 0 Å². The molecule has 1 aromatic carbocycles. The lowest BCUT2D eigenvalue weighted by Crippen LogP contribution is -2.31. The smallest absolute Gasteiger partial charge is 0.312 e. The Morgan fingerprint density at radius 3 is 2.06 bits per heavy atom. The van der Waals surface area contributed by atoms with Crippen molar-refractivity contribution in [2.75, 3.05) is 0 Å². The maximum atomic E-state index is 11.0. The maximum absolute atomic E-state index is 11.0. The molecule has 88 valence electrons. The van der Waals surface area contributed by atoms with Crippen LogP contribution >= 0.6 is 23.2 Å². The Hall–Kier alpha value is -0.770. The molecule has 0 fully saturated rings. The molecule has 0 aliphatic heterocycles. The summed E-state index contributed by atoms with van der Waals surface area (Å²) in [6, 6.07) is 4.53. The predicted octanol–water partition coefficient (Wildman–Crippen LogP) is 3.14. The fraction of sp³-hybridized carbons (Fsp3) is 0.364. The van der Waals surface area contributed by atoms with Gasteiger partial charge < -0.3 is 10.2 Å². The average molecular weight is 263 g/mol. The minimum Gasteiger partial charge on any atom is -0.481 e. The van der Waals surface area contributed by atoms with Gasteiger partial charge in [-0.15, -0.1) is 0 Å². The van der Waals surface area contributed by atoms with Crippen LogP contribution in [0.3, 0.4) is 0 Å². The van der Waals surface area contributed by atoms with Gasteiger partial charge in [-0.05, 0) is 37.6 Å². The Morgan fingerprint density at radius 1 is 1.25 bits per heavy atom. The van der Waals surface area contributed by atoms with E-state index in [0.717, 1.165) is 0 Å². The monoisotopic (exact) mass is 262 g/mol. The third kappa shape index (κ3) is 2.67. The molecule has 0 amide bonds. The highest BCUT2D eigenvalue weighted by Gasteiger charge is 2.36. The summed E-state index contributed by atoms with van der Waals surface area (Å²) in [4.78, 5) is 11.0. The first-order chi connectivity index (χ1) is 7.25. The van der Waals surface area contributed by atoms with Crippen LogP contribution in [0.4, 0.5) is 0 Å². The number of carboxylic acid groups (broad SMARTS) is 1. The average Bonchev–Trinajstić information content (AvgIpc) is 2.14. The van der Waals surface area contributed by atoms with Crippen molar-refractivity contribution in [1.82, 2.24) is 0 Å². The van der Waals surface area contributed by atoms with E-state index in [0.29, 0.717) is 15.6 Å². The van der Waals surface area contributed by atoms with Crippen molar-refractivity contribution in [3.63, 3.8) is 0 Å². The van der Waals surface area contributed by atoms with Gasteiger partial charge in [-0.3, -0.25) is 4.79 Å². The standard InChI is InChI=1S/C11H12Cl2O3/c1-11(2,10(15)16)9(14)6-3-7(12)5-8(13)4-6/h3-5,9,14H,1-2H3,(H,15,16). The fourth-order valence-electron chi connectivity index (χ4n) is 1.27. The molecule has 1 atom stereocenters. The lowest BCUT2D eigenvalue weighted by atomic mass is 9.83. The van der Waals surface area contributed by atoms with E-state index in [1.54, 1.807) is 0 Å². The van der Waals surface area contributed by atoms with Crippen LogP contribution in [0, 0.1) is 5.41 Å². The topological polar surface area (TPSA) is 57.5 Å². The Bertz CT molecular complexity index is 395. The fourth-order valence-corrected chi connectivity index (χ4v) is 1.81. The van der Waals surface area contributed by atoms with E-state index in [9.17, 15) is 9.90 Å². The summed E-state index contributed by atoms with van der Waals surface area (Å²) in [6.07, 6.45) is -1.17. The van der Waals surface area contributed by atoms with Crippen LogP contribution in [0.2, 0.25) is 10.0 Å². The second-order valence-corrected chi connectivity index (χ2v) is 5.01. The zero-order valence-electron chi connectivity index (χ0n) is 8.87. The van der Waals surface area contributed by atoms with Gasteiger partial charge in [0.25, 0.3) is 0 Å². The zero-order chi connectivity index (χ0) is 12.5. The minimum atomic E-state index is -1.30. The molecule has 0 spiro atoms. The predicted molar refractivity (Wildman–Crippen MR) is 62.8 cm³/mol. The quantitative estimate of drug-likeness (QED) is 0.880. The van der Waals surface area contributed by atoms with E-state index in [1.165, 1.54) is 32.0 Å². The number of carbonyl (C=O) groups is 1. The Kier molecular flexibility index (Phi) is 3.84. The lowest BCUT2D eigenvalue weighted by molar-refractivity contribution is -0.153. The highest BCUT2D eigenvalue weighted by Crippen LogP contribution is 2.35. The van der Waals surface area contributed by atoms with Crippen molar-refractivity contribution >= 4 is 29.2 Å². The van der Waals surface area contributed by atoms with Crippen molar-refractivity contribution in [2.45, 2.75) is 20.0 Å². The van der Waals surface area contributed by atoms with Gasteiger partial charge in [-0.2, -0.15) is 0 Å². The molecule has 1 rings (SSSR count). The highest BCUT2D eigenvalue weighted by molar-refractivity contribution is 6.34. The number of benzene rings is 1. The van der Waals surface area contributed by atoms with Crippen LogP contribution in [0.1, 0.15) is 25.5 Å². The maximum Gasteiger partial charge on any atom is 0.312 e. The molecule has 1 unspecified atom stereocenters. The SMILES string of the molecule is CC(C)(C(=O)O)C(O)c1cc(Cl)cc(Cl)c1. The van der Waals surface area contributed by atoms with Crippen LogP contribution in [0.5, 0.6) is 0 Å². The number of rotatable bonds is 3. The summed E-state index contributed by atoms with van der Waals surface area (Å²) in [6.45, 7) is 2.88. The molecule has 0 bridgehead atoms. The first-order valence-corrected chi connectivity index (χ1v) is 5.38. The van der Waals surface area contributed by atoms with Gasteiger partial charge in [-0.25, -0.2) is 0 Å². The molecule has 1 aromatic rings. The molecular weight excluding hydrogens is 251 g/mol. The van der Waals surface area contributed by atoms with Gasteiger partial charge in [0.15, 0.2) is 0 Å². The highest BCUT2D eigenvalue weighted by atomic mass is 35.5. The van der Waals surface area contributed by atoms with Crippen LogP contribution in [0.25, 0.3) is 0 Å². The molecule has 0 saturated heterocycles. The molecule has 3 nitrogen and oxygen atoms in total. The van der Waals surface area contributed by atoms with Crippen LogP contribution < -0.4 is 0 Å². The Morgan fingerprint density at radius 2 is 1.69 bits per heavy atom. The Labute approximate surface area is 104 Å². The molecule has 5 heteroatoms. The third-order valence-corrected chi connectivity index (χ3v) is 2.87. The number of hydrogen-bond donors (Lipinski definition) is 2. The summed E-state index contributed by atoms with van der Waals surface area (Å²) in [5, 5.41) is 19.7. The van der Waals surface area contributed by atoms with Crippen LogP contribution in [0.15, 0.2) is 18.2 Å². The van der Waals surface area contributed by atoms with Crippen LogP contribution in [-0.4, -0.2) is 16.2 Å². The van der Waals surface area contributed by atoms with Crippen LogP contribution in [-0.2, 0) is 4.79 Å². The van der Waals surface area contributed by atoms with Gasteiger partial charge >= 0.3 is 5.97 Å². The molecule has 0 saturated carbocycles. The van der Waals surface area contributed by atoms with Crippen molar-refractivity contribution in [3.8, 4) is 0 Å². The van der Waals surface area contributed by atoms with Gasteiger partial charge in [0, 0.05) is 10.0 Å². The van der Waals surface area contributed by atoms with E-state index in [2.05, 4.69) is 0 Å². The van der Waals surface area contributed by atoms with Gasteiger partial charge in [0.2, 0.25) is 0 Å². The van der Waals surface area contributed by atoms with Crippen molar-refractivity contribution in [2.24, 2.45) is 5.41 Å². The number of aliphatic hydroxyl groups excluding tert-OH is 1. The molecule has 0 aliphatic carbocycles. The molecule has 0 aliphatic rings. The summed E-state index contributed by atoms with van der Waals surface area (Å²) in [7, 11) is 0. The molecule has 16 heavy (non-hydrogen) atoms. The second kappa shape index (κ2) is 4.62. The van der Waals surface area contributed by atoms with Gasteiger partial charge in [0.05, 0.1) is 11.5 Å². The number of aliphatic carboxylic acids is 1. The Balaban J connectivity index is 3.14. The van der Waals surface area contributed by atoms with E-state index >= 15 is 0 Å². The second-order valence-electron chi connectivity index (χ2n) is 4.13. The summed E-state index contributed by atoms with van der Waals surface area (Å²) in [5.74, 6) is -1.09. The first-order valence-electron chi connectivity index (χ1n) is 4.62. The summed E-state index contributed by atoms with van der Waals surface area (Å²) >= 11 is 11.6. The molecule has 2 N–H and O–H groups in total. The number of hydrogen-bond acceptors (Lipinski definition) is 2. The summed E-state index contributed by atoms with van der Waals surface area (Å²) in [5.41, 5.74) is -0.904. The van der Waals surface area contributed by atoms with E-state index in [-0.39, 0.29) is 0 Å².